The number of benzene rings is 1. The van der Waals surface area contributed by atoms with Gasteiger partial charge in [0.1, 0.15) is 16.4 Å². The van der Waals surface area contributed by atoms with Crippen LogP contribution < -0.4 is 14.2 Å². The van der Waals surface area contributed by atoms with Crippen LogP contribution in [-0.4, -0.2) is 52.6 Å². The van der Waals surface area contributed by atoms with Gasteiger partial charge in [0.05, 0.1) is 19.2 Å². The number of carbonyl (C=O) groups is 1. The van der Waals surface area contributed by atoms with E-state index < -0.39 is 16.1 Å². The molecule has 24 heavy (non-hydrogen) atoms. The summed E-state index contributed by atoms with van der Waals surface area (Å²) in [6.07, 6.45) is 0.972. The third-order valence-electron chi connectivity index (χ3n) is 3.76. The number of nitrogens with zero attached hydrogens (tertiary/aromatic N) is 1. The number of amides is 1. The van der Waals surface area contributed by atoms with Gasteiger partial charge in [0, 0.05) is 37.7 Å². The number of carbonyl (C=O) groups excluding carboxylic acids is 1. The van der Waals surface area contributed by atoms with Crippen molar-refractivity contribution in [2.24, 2.45) is 0 Å². The molecule has 1 fully saturated rings. The summed E-state index contributed by atoms with van der Waals surface area (Å²) in [6, 6.07) is 2.22. The SMILES string of the molecule is CCCN1C[C@H](NS(=O)(=O)c2cc(OC)c(Cl)cc2OC)CC1=O. The van der Waals surface area contributed by atoms with E-state index in [0.29, 0.717) is 13.1 Å². The molecule has 0 saturated carbocycles. The summed E-state index contributed by atoms with van der Waals surface area (Å²) >= 11 is 6.00. The van der Waals surface area contributed by atoms with Crippen molar-refractivity contribution in [2.75, 3.05) is 27.3 Å². The van der Waals surface area contributed by atoms with Crippen LogP contribution in [0.2, 0.25) is 5.02 Å². The Morgan fingerprint density at radius 1 is 1.29 bits per heavy atom. The number of hydrogen-bond acceptors (Lipinski definition) is 5. The maximum absolute atomic E-state index is 12.7. The first-order valence-electron chi connectivity index (χ1n) is 7.54. The van der Waals surface area contributed by atoms with Crippen molar-refractivity contribution in [1.29, 1.82) is 0 Å². The van der Waals surface area contributed by atoms with E-state index in [9.17, 15) is 13.2 Å². The number of sulfonamides is 1. The quantitative estimate of drug-likeness (QED) is 0.782. The first-order valence-corrected chi connectivity index (χ1v) is 9.40. The molecule has 0 aromatic heterocycles. The Morgan fingerprint density at radius 2 is 1.96 bits per heavy atom. The zero-order valence-corrected chi connectivity index (χ0v) is 15.4. The highest BCUT2D eigenvalue weighted by molar-refractivity contribution is 7.89. The van der Waals surface area contributed by atoms with Crippen LogP contribution in [0.5, 0.6) is 11.5 Å². The maximum Gasteiger partial charge on any atom is 0.244 e. The van der Waals surface area contributed by atoms with Crippen molar-refractivity contribution in [1.82, 2.24) is 9.62 Å². The van der Waals surface area contributed by atoms with Crippen molar-refractivity contribution in [3.63, 3.8) is 0 Å². The molecule has 1 aliphatic rings. The van der Waals surface area contributed by atoms with Crippen LogP contribution in [0.3, 0.4) is 0 Å². The van der Waals surface area contributed by atoms with Gasteiger partial charge in [-0.05, 0) is 6.42 Å². The summed E-state index contributed by atoms with van der Waals surface area (Å²) in [5.41, 5.74) is 0. The number of likely N-dealkylation sites (tertiary alicyclic amines) is 1. The lowest BCUT2D eigenvalue weighted by atomic mass is 10.3. The zero-order valence-electron chi connectivity index (χ0n) is 13.8. The average Bonchev–Trinajstić information content (AvgIpc) is 2.85. The third-order valence-corrected chi connectivity index (χ3v) is 5.59. The van der Waals surface area contributed by atoms with Crippen molar-refractivity contribution >= 4 is 27.5 Å². The van der Waals surface area contributed by atoms with Crippen LogP contribution in [0.25, 0.3) is 0 Å². The molecular formula is C15H21ClN2O5S. The van der Waals surface area contributed by atoms with E-state index in [-0.39, 0.29) is 33.7 Å². The molecule has 0 unspecified atom stereocenters. The van der Waals surface area contributed by atoms with Gasteiger partial charge in [-0.1, -0.05) is 18.5 Å². The number of rotatable bonds is 7. The fourth-order valence-electron chi connectivity index (χ4n) is 2.66. The van der Waals surface area contributed by atoms with E-state index in [1.165, 1.54) is 26.4 Å². The molecule has 1 N–H and O–H groups in total. The number of halogens is 1. The predicted molar refractivity (Wildman–Crippen MR) is 90.2 cm³/mol. The molecule has 1 aromatic rings. The fourth-order valence-corrected chi connectivity index (χ4v) is 4.29. The molecule has 1 saturated heterocycles. The van der Waals surface area contributed by atoms with Crippen LogP contribution in [0.4, 0.5) is 0 Å². The monoisotopic (exact) mass is 376 g/mol. The first kappa shape index (κ1) is 18.8. The minimum absolute atomic E-state index is 0.0507. The van der Waals surface area contributed by atoms with E-state index in [4.69, 9.17) is 21.1 Å². The molecule has 1 atom stereocenters. The van der Waals surface area contributed by atoms with Crippen LogP contribution in [0, 0.1) is 0 Å². The minimum atomic E-state index is -3.89. The van der Waals surface area contributed by atoms with Crippen molar-refractivity contribution < 1.29 is 22.7 Å². The first-order chi connectivity index (χ1) is 11.3. The molecular weight excluding hydrogens is 356 g/mol. The van der Waals surface area contributed by atoms with E-state index >= 15 is 0 Å². The van der Waals surface area contributed by atoms with Crippen molar-refractivity contribution in [3.05, 3.63) is 17.2 Å². The lowest BCUT2D eigenvalue weighted by molar-refractivity contribution is -0.127. The molecule has 0 aliphatic carbocycles. The van der Waals surface area contributed by atoms with Gasteiger partial charge in [-0.2, -0.15) is 0 Å². The number of methoxy groups -OCH3 is 2. The third kappa shape index (κ3) is 3.93. The van der Waals surface area contributed by atoms with Crippen LogP contribution in [0.15, 0.2) is 17.0 Å². The molecule has 1 heterocycles. The fraction of sp³-hybridized carbons (Fsp3) is 0.533. The van der Waals surface area contributed by atoms with Gasteiger partial charge in [-0.15, -0.1) is 0 Å². The van der Waals surface area contributed by atoms with Crippen LogP contribution in [0.1, 0.15) is 19.8 Å². The van der Waals surface area contributed by atoms with Crippen LogP contribution in [-0.2, 0) is 14.8 Å². The normalized spacial score (nSPS) is 18.1. The Hall–Kier alpha value is -1.51. The Labute approximate surface area is 146 Å². The molecule has 7 nitrogen and oxygen atoms in total. The standard InChI is InChI=1S/C15H21ClN2O5S/c1-4-5-18-9-10(6-15(18)19)17-24(20,21)14-8-12(22-2)11(16)7-13(14)23-3/h7-8,10,17H,4-6,9H2,1-3H3/t10-/m1/s1. The van der Waals surface area contributed by atoms with E-state index in [1.807, 2.05) is 6.92 Å². The second kappa shape index (κ2) is 7.58. The summed E-state index contributed by atoms with van der Waals surface area (Å²) in [7, 11) is -1.13. The molecule has 0 radical (unpaired) electrons. The summed E-state index contributed by atoms with van der Waals surface area (Å²) in [4.78, 5) is 13.5. The Balaban J connectivity index is 2.26. The van der Waals surface area contributed by atoms with E-state index in [0.717, 1.165) is 6.42 Å². The number of ether oxygens (including phenoxy) is 2. The Morgan fingerprint density at radius 3 is 2.54 bits per heavy atom. The topological polar surface area (TPSA) is 84.9 Å². The summed E-state index contributed by atoms with van der Waals surface area (Å²) in [5.74, 6) is 0.293. The second-order valence-electron chi connectivity index (χ2n) is 5.50. The zero-order chi connectivity index (χ0) is 17.9. The Kier molecular flexibility index (Phi) is 5.95. The number of hydrogen-bond donors (Lipinski definition) is 1. The number of nitrogens with one attached hydrogen (secondary N) is 1. The molecule has 9 heteroatoms. The molecule has 2 rings (SSSR count). The summed E-state index contributed by atoms with van der Waals surface area (Å²) < 4.78 is 38.2. The lowest BCUT2D eigenvalue weighted by Crippen LogP contribution is -2.37. The molecule has 134 valence electrons. The van der Waals surface area contributed by atoms with Gasteiger partial charge in [0.15, 0.2) is 0 Å². The average molecular weight is 377 g/mol. The van der Waals surface area contributed by atoms with E-state index in [2.05, 4.69) is 4.72 Å². The van der Waals surface area contributed by atoms with Crippen LogP contribution >= 0.6 is 11.6 Å². The van der Waals surface area contributed by atoms with Gasteiger partial charge in [0.25, 0.3) is 0 Å². The van der Waals surface area contributed by atoms with Crippen molar-refractivity contribution in [3.8, 4) is 11.5 Å². The minimum Gasteiger partial charge on any atom is -0.495 e. The predicted octanol–water partition coefficient (Wildman–Crippen LogP) is 1.65. The Bertz CT molecular complexity index is 723. The molecule has 0 bridgehead atoms. The highest BCUT2D eigenvalue weighted by atomic mass is 35.5. The summed E-state index contributed by atoms with van der Waals surface area (Å²) in [6.45, 7) is 2.95. The van der Waals surface area contributed by atoms with Gasteiger partial charge < -0.3 is 14.4 Å². The molecule has 1 aliphatic heterocycles. The van der Waals surface area contributed by atoms with Crippen molar-refractivity contribution in [2.45, 2.75) is 30.7 Å². The second-order valence-corrected chi connectivity index (χ2v) is 7.59. The van der Waals surface area contributed by atoms with Gasteiger partial charge in [-0.3, -0.25) is 4.79 Å². The lowest BCUT2D eigenvalue weighted by Gasteiger charge is -2.17. The highest BCUT2D eigenvalue weighted by Crippen LogP contribution is 2.35. The van der Waals surface area contributed by atoms with Gasteiger partial charge in [-0.25, -0.2) is 13.1 Å². The van der Waals surface area contributed by atoms with Gasteiger partial charge >= 0.3 is 0 Å². The molecule has 0 spiro atoms. The van der Waals surface area contributed by atoms with E-state index in [1.54, 1.807) is 4.90 Å². The smallest absolute Gasteiger partial charge is 0.244 e. The largest absolute Gasteiger partial charge is 0.495 e. The highest BCUT2D eigenvalue weighted by Gasteiger charge is 2.33. The molecule has 1 amide bonds. The molecule has 1 aromatic carbocycles. The maximum atomic E-state index is 12.7. The summed E-state index contributed by atoms with van der Waals surface area (Å²) in [5, 5.41) is 0.249. The van der Waals surface area contributed by atoms with Gasteiger partial charge in [0.2, 0.25) is 15.9 Å².